The molecule has 0 spiro atoms. The van der Waals surface area contributed by atoms with E-state index in [9.17, 15) is 12.8 Å². The Hall–Kier alpha value is -0.690. The first-order valence-corrected chi connectivity index (χ1v) is 6.77. The van der Waals surface area contributed by atoms with Gasteiger partial charge in [-0.2, -0.15) is 0 Å². The fourth-order valence-electron chi connectivity index (χ4n) is 1.35. The third-order valence-corrected chi connectivity index (χ3v) is 3.33. The zero-order chi connectivity index (χ0) is 13.1. The molecule has 0 saturated carbocycles. The Morgan fingerprint density at radius 2 is 2.18 bits per heavy atom. The Bertz CT molecular complexity index is 492. The summed E-state index contributed by atoms with van der Waals surface area (Å²) in [4.78, 5) is -0.253. The van der Waals surface area contributed by atoms with E-state index in [1.165, 1.54) is 19.2 Å². The topological polar surface area (TPSA) is 69.4 Å². The third-order valence-electron chi connectivity index (χ3n) is 2.14. The Balaban J connectivity index is 2.91. The lowest BCUT2D eigenvalue weighted by atomic mass is 10.1. The molecule has 17 heavy (non-hydrogen) atoms. The smallest absolute Gasteiger partial charge is 0.238 e. The van der Waals surface area contributed by atoms with Crippen molar-refractivity contribution >= 4 is 21.6 Å². The van der Waals surface area contributed by atoms with Crippen LogP contribution in [-0.4, -0.2) is 27.5 Å². The van der Waals surface area contributed by atoms with Crippen molar-refractivity contribution < 1.29 is 17.5 Å². The Morgan fingerprint density at radius 1 is 1.53 bits per heavy atom. The number of nitrogens with two attached hydrogens (primary N) is 1. The van der Waals surface area contributed by atoms with Crippen LogP contribution in [0.1, 0.15) is 5.56 Å². The average molecular weight is 282 g/mol. The summed E-state index contributed by atoms with van der Waals surface area (Å²) in [5, 5.41) is 4.52. The molecule has 96 valence electrons. The fraction of sp³-hybridized carbons (Fsp3) is 0.400. The monoisotopic (exact) mass is 281 g/mol. The standard InChI is InChI=1S/C10H13ClFNO3S/c1-16-6-8(11)4-7-2-3-9(5-10(7)12)17(13,14)15/h2-3,5,8H,4,6H2,1H3,(H2,13,14,15). The summed E-state index contributed by atoms with van der Waals surface area (Å²) in [6.07, 6.45) is 0.256. The highest BCUT2D eigenvalue weighted by atomic mass is 35.5. The molecular formula is C10H13ClFNO3S. The number of primary sulfonamides is 1. The highest BCUT2D eigenvalue weighted by Crippen LogP contribution is 2.17. The van der Waals surface area contributed by atoms with Gasteiger partial charge >= 0.3 is 0 Å². The quantitative estimate of drug-likeness (QED) is 0.827. The van der Waals surface area contributed by atoms with E-state index in [0.717, 1.165) is 6.07 Å². The molecule has 4 nitrogen and oxygen atoms in total. The summed E-state index contributed by atoms with van der Waals surface area (Å²) in [6, 6.07) is 3.51. The molecule has 0 heterocycles. The molecule has 1 unspecified atom stereocenters. The Morgan fingerprint density at radius 3 is 2.65 bits per heavy atom. The lowest BCUT2D eigenvalue weighted by Crippen LogP contribution is -2.14. The highest BCUT2D eigenvalue weighted by Gasteiger charge is 2.14. The molecule has 1 aromatic carbocycles. The van der Waals surface area contributed by atoms with Crippen molar-refractivity contribution in [3.05, 3.63) is 29.6 Å². The number of halogens is 2. The van der Waals surface area contributed by atoms with Gasteiger partial charge in [0.25, 0.3) is 0 Å². The van der Waals surface area contributed by atoms with Crippen molar-refractivity contribution in [2.75, 3.05) is 13.7 Å². The van der Waals surface area contributed by atoms with Crippen LogP contribution < -0.4 is 5.14 Å². The molecule has 0 saturated heterocycles. The molecule has 0 fully saturated rings. The van der Waals surface area contributed by atoms with Crippen LogP contribution in [-0.2, 0) is 21.2 Å². The summed E-state index contributed by atoms with van der Waals surface area (Å²) in [6.45, 7) is 0.290. The minimum absolute atomic E-state index is 0.253. The first kappa shape index (κ1) is 14.4. The number of sulfonamides is 1. The number of hydrogen-bond donors (Lipinski definition) is 1. The van der Waals surface area contributed by atoms with Gasteiger partial charge in [-0.1, -0.05) is 6.07 Å². The van der Waals surface area contributed by atoms with Crippen LogP contribution in [0.3, 0.4) is 0 Å². The van der Waals surface area contributed by atoms with E-state index in [0.29, 0.717) is 5.56 Å². The van der Waals surface area contributed by atoms with Gasteiger partial charge < -0.3 is 4.74 Å². The SMILES string of the molecule is COCC(Cl)Cc1ccc(S(N)(=O)=O)cc1F. The molecule has 1 aromatic rings. The zero-order valence-corrected chi connectivity index (χ0v) is 10.8. The van der Waals surface area contributed by atoms with Crippen molar-refractivity contribution in [1.82, 2.24) is 0 Å². The van der Waals surface area contributed by atoms with Gasteiger partial charge in [0.1, 0.15) is 5.82 Å². The van der Waals surface area contributed by atoms with E-state index in [-0.39, 0.29) is 23.3 Å². The van der Waals surface area contributed by atoms with Crippen molar-refractivity contribution in [3.63, 3.8) is 0 Å². The largest absolute Gasteiger partial charge is 0.383 e. The number of rotatable bonds is 5. The molecule has 0 amide bonds. The average Bonchev–Trinajstić information content (AvgIpc) is 2.20. The van der Waals surface area contributed by atoms with Gasteiger partial charge in [-0.25, -0.2) is 17.9 Å². The molecule has 7 heteroatoms. The van der Waals surface area contributed by atoms with Crippen molar-refractivity contribution in [3.8, 4) is 0 Å². The van der Waals surface area contributed by atoms with Crippen LogP contribution in [0.25, 0.3) is 0 Å². The molecule has 0 aliphatic rings. The van der Waals surface area contributed by atoms with Gasteiger partial charge in [0.15, 0.2) is 0 Å². The van der Waals surface area contributed by atoms with Crippen LogP contribution in [0.15, 0.2) is 23.1 Å². The predicted molar refractivity (Wildman–Crippen MR) is 63.0 cm³/mol. The van der Waals surface area contributed by atoms with Crippen LogP contribution in [0, 0.1) is 5.82 Å². The molecule has 0 bridgehead atoms. The molecular weight excluding hydrogens is 269 g/mol. The normalized spacial score (nSPS) is 13.6. The predicted octanol–water partition coefficient (Wildman–Crippen LogP) is 1.27. The van der Waals surface area contributed by atoms with E-state index in [1.807, 2.05) is 0 Å². The second-order valence-corrected chi connectivity index (χ2v) is 5.73. The molecule has 0 aliphatic carbocycles. The molecule has 0 aromatic heterocycles. The maximum Gasteiger partial charge on any atom is 0.238 e. The van der Waals surface area contributed by atoms with Gasteiger partial charge in [-0.15, -0.1) is 11.6 Å². The number of alkyl halides is 1. The van der Waals surface area contributed by atoms with E-state index < -0.39 is 15.8 Å². The fourth-order valence-corrected chi connectivity index (χ4v) is 2.17. The first-order valence-electron chi connectivity index (χ1n) is 4.79. The maximum atomic E-state index is 13.6. The van der Waals surface area contributed by atoms with Gasteiger partial charge in [-0.05, 0) is 24.1 Å². The van der Waals surface area contributed by atoms with E-state index in [2.05, 4.69) is 0 Å². The highest BCUT2D eigenvalue weighted by molar-refractivity contribution is 7.89. The Labute approximate surface area is 105 Å². The van der Waals surface area contributed by atoms with E-state index in [1.54, 1.807) is 0 Å². The van der Waals surface area contributed by atoms with E-state index in [4.69, 9.17) is 21.5 Å². The summed E-state index contributed by atoms with van der Waals surface area (Å²) in [5.74, 6) is -0.640. The maximum absolute atomic E-state index is 13.6. The minimum atomic E-state index is -3.88. The van der Waals surface area contributed by atoms with Gasteiger partial charge in [0.2, 0.25) is 10.0 Å². The molecule has 2 N–H and O–H groups in total. The number of hydrogen-bond acceptors (Lipinski definition) is 3. The van der Waals surface area contributed by atoms with Gasteiger partial charge in [-0.3, -0.25) is 0 Å². The second-order valence-electron chi connectivity index (χ2n) is 3.55. The number of methoxy groups -OCH3 is 1. The summed E-state index contributed by atoms with van der Waals surface area (Å²) < 4.78 is 40.4. The molecule has 0 aliphatic heterocycles. The zero-order valence-electron chi connectivity index (χ0n) is 9.19. The van der Waals surface area contributed by atoms with E-state index >= 15 is 0 Å². The third kappa shape index (κ3) is 4.23. The van der Waals surface area contributed by atoms with Gasteiger partial charge in [0, 0.05) is 7.11 Å². The van der Waals surface area contributed by atoms with Crippen LogP contribution in [0.2, 0.25) is 0 Å². The van der Waals surface area contributed by atoms with Gasteiger partial charge in [0.05, 0.1) is 16.9 Å². The lowest BCUT2D eigenvalue weighted by Gasteiger charge is -2.09. The molecule has 1 atom stereocenters. The van der Waals surface area contributed by atoms with Crippen molar-refractivity contribution in [2.24, 2.45) is 5.14 Å². The van der Waals surface area contributed by atoms with Crippen LogP contribution in [0.4, 0.5) is 4.39 Å². The number of ether oxygens (including phenoxy) is 1. The minimum Gasteiger partial charge on any atom is -0.383 e. The summed E-state index contributed by atoms with van der Waals surface area (Å²) >= 11 is 5.88. The van der Waals surface area contributed by atoms with Crippen LogP contribution in [0.5, 0.6) is 0 Å². The second kappa shape index (κ2) is 5.77. The lowest BCUT2D eigenvalue weighted by molar-refractivity contribution is 0.197. The summed E-state index contributed by atoms with van der Waals surface area (Å²) in [7, 11) is -2.38. The Kier molecular flexibility index (Phi) is 4.88. The summed E-state index contributed by atoms with van der Waals surface area (Å²) in [5.41, 5.74) is 0.328. The first-order chi connectivity index (χ1) is 7.84. The molecule has 0 radical (unpaired) electrons. The van der Waals surface area contributed by atoms with Crippen LogP contribution >= 0.6 is 11.6 Å². The van der Waals surface area contributed by atoms with Crippen molar-refractivity contribution in [2.45, 2.75) is 16.7 Å². The number of benzene rings is 1. The van der Waals surface area contributed by atoms with Crippen molar-refractivity contribution in [1.29, 1.82) is 0 Å². The molecule has 1 rings (SSSR count).